The summed E-state index contributed by atoms with van der Waals surface area (Å²) in [5.41, 5.74) is 4.40. The van der Waals surface area contributed by atoms with Crippen LogP contribution in [0.25, 0.3) is 11.4 Å². The van der Waals surface area contributed by atoms with Crippen molar-refractivity contribution in [1.29, 1.82) is 0 Å². The van der Waals surface area contributed by atoms with Gasteiger partial charge in [-0.15, -0.1) is 0 Å². The van der Waals surface area contributed by atoms with Crippen molar-refractivity contribution in [3.05, 3.63) is 47.9 Å². The lowest BCUT2D eigenvalue weighted by atomic mass is 10.0. The molecule has 3 aromatic heterocycles. The van der Waals surface area contributed by atoms with Crippen molar-refractivity contribution in [3.8, 4) is 11.4 Å². The third-order valence-corrected chi connectivity index (χ3v) is 4.98. The summed E-state index contributed by atoms with van der Waals surface area (Å²) < 4.78 is 14.2. The topological polar surface area (TPSA) is 78.3 Å². The maximum Gasteiger partial charge on any atom is 0.270 e. The first kappa shape index (κ1) is 17.5. The number of amides is 1. The number of fused-ring (bicyclic) bond motifs is 1. The highest BCUT2D eigenvalue weighted by Crippen LogP contribution is 2.30. The minimum atomic E-state index is 0.0337. The van der Waals surface area contributed by atoms with Crippen LogP contribution < -0.4 is 0 Å². The molecular weight excluding hydrogens is 346 g/mol. The molecule has 3 aromatic rings. The summed E-state index contributed by atoms with van der Waals surface area (Å²) in [5.74, 6) is 0.0337. The van der Waals surface area contributed by atoms with Crippen LogP contribution in [0.1, 0.15) is 28.2 Å². The van der Waals surface area contributed by atoms with Crippen molar-refractivity contribution >= 4 is 5.91 Å². The number of ether oxygens (including phenoxy) is 1. The average Bonchev–Trinajstić information content (AvgIpc) is 3.41. The lowest BCUT2D eigenvalue weighted by molar-refractivity contribution is 0.0723. The molecule has 0 atom stereocenters. The Balaban J connectivity index is 1.65. The lowest BCUT2D eigenvalue weighted by Gasteiger charge is -2.28. The predicted octanol–water partition coefficient (Wildman–Crippen LogP) is 2.11. The Kier molecular flexibility index (Phi) is 4.81. The van der Waals surface area contributed by atoms with Crippen LogP contribution in [0.4, 0.5) is 0 Å². The monoisotopic (exact) mass is 369 g/mol. The van der Waals surface area contributed by atoms with Crippen LogP contribution in [-0.2, 0) is 31.3 Å². The quantitative estimate of drug-likeness (QED) is 0.622. The van der Waals surface area contributed by atoms with Crippen LogP contribution in [0.5, 0.6) is 0 Å². The number of carbonyl (C=O) groups is 1. The molecule has 0 radical (unpaired) electrons. The zero-order valence-electron chi connectivity index (χ0n) is 15.6. The van der Waals surface area contributed by atoms with E-state index in [0.29, 0.717) is 31.1 Å². The van der Waals surface area contributed by atoms with Gasteiger partial charge in [0.25, 0.3) is 5.91 Å². The van der Waals surface area contributed by atoms with Crippen LogP contribution in [-0.4, -0.2) is 50.4 Å². The minimum Gasteiger partial charge on any atom is -0.451 e. The maximum absolute atomic E-state index is 12.9. The second-order valence-corrected chi connectivity index (χ2v) is 6.70. The summed E-state index contributed by atoms with van der Waals surface area (Å²) in [7, 11) is 3.59. The molecule has 8 nitrogen and oxygen atoms in total. The molecule has 0 spiro atoms. The molecule has 0 fully saturated rings. The Morgan fingerprint density at radius 3 is 3.00 bits per heavy atom. The summed E-state index contributed by atoms with van der Waals surface area (Å²) in [6.07, 6.45) is 6.54. The first-order valence-electron chi connectivity index (χ1n) is 9.05. The molecule has 8 heteroatoms. The molecule has 0 aliphatic carbocycles. The zero-order valence-corrected chi connectivity index (χ0v) is 15.6. The number of nitrogens with zero attached hydrogens (tertiary/aromatic N) is 5. The normalized spacial score (nSPS) is 13.8. The fourth-order valence-corrected chi connectivity index (χ4v) is 3.59. The largest absolute Gasteiger partial charge is 0.451 e. The highest BCUT2D eigenvalue weighted by Gasteiger charge is 2.29. The molecule has 0 bridgehead atoms. The summed E-state index contributed by atoms with van der Waals surface area (Å²) in [6.45, 7) is 2.66. The summed E-state index contributed by atoms with van der Waals surface area (Å²) in [6, 6.07) is 3.74. The van der Waals surface area contributed by atoms with E-state index in [9.17, 15) is 4.79 Å². The van der Waals surface area contributed by atoms with Gasteiger partial charge in [0, 0.05) is 57.7 Å². The van der Waals surface area contributed by atoms with Crippen LogP contribution >= 0.6 is 0 Å². The minimum absolute atomic E-state index is 0.0337. The Hall–Kier alpha value is -2.87. The van der Waals surface area contributed by atoms with Crippen molar-refractivity contribution in [2.45, 2.75) is 25.9 Å². The van der Waals surface area contributed by atoms with Crippen LogP contribution in [0.2, 0.25) is 0 Å². The molecule has 0 N–H and O–H groups in total. The van der Waals surface area contributed by atoms with Crippen molar-refractivity contribution in [3.63, 3.8) is 0 Å². The standard InChI is InChI=1S/C19H23N5O3/c1-22-7-3-5-17(22)19(25)23-9-6-16-14(11-23)18(15-12-27-13-20-15)21-24(16)8-4-10-26-2/h3,5,7,12-13H,4,6,8-11H2,1-2H3. The molecule has 1 amide bonds. The molecule has 1 aliphatic heterocycles. The number of methoxy groups -OCH3 is 1. The van der Waals surface area contributed by atoms with Gasteiger partial charge >= 0.3 is 0 Å². The number of hydrogen-bond acceptors (Lipinski definition) is 5. The van der Waals surface area contributed by atoms with Gasteiger partial charge in [0.15, 0.2) is 6.39 Å². The number of aromatic nitrogens is 4. The molecular formula is C19H23N5O3. The van der Waals surface area contributed by atoms with E-state index in [1.807, 2.05) is 39.5 Å². The van der Waals surface area contributed by atoms with E-state index < -0.39 is 0 Å². The molecule has 4 heterocycles. The number of carbonyl (C=O) groups excluding carboxylic acids is 1. The Labute approximate surface area is 157 Å². The average molecular weight is 369 g/mol. The molecule has 27 heavy (non-hydrogen) atoms. The van der Waals surface area contributed by atoms with Crippen LogP contribution in [0.3, 0.4) is 0 Å². The Morgan fingerprint density at radius 2 is 2.30 bits per heavy atom. The van der Waals surface area contributed by atoms with Gasteiger partial charge in [-0.2, -0.15) is 5.10 Å². The van der Waals surface area contributed by atoms with Crippen molar-refractivity contribution in [2.24, 2.45) is 7.05 Å². The first-order chi connectivity index (χ1) is 13.2. The van der Waals surface area contributed by atoms with Gasteiger partial charge in [-0.05, 0) is 18.6 Å². The zero-order chi connectivity index (χ0) is 18.8. The second-order valence-electron chi connectivity index (χ2n) is 6.70. The van der Waals surface area contributed by atoms with E-state index in [1.54, 1.807) is 13.4 Å². The van der Waals surface area contributed by atoms with E-state index in [-0.39, 0.29) is 5.91 Å². The fraction of sp³-hybridized carbons (Fsp3) is 0.421. The van der Waals surface area contributed by atoms with Crippen molar-refractivity contribution in [1.82, 2.24) is 24.2 Å². The molecule has 0 aromatic carbocycles. The van der Waals surface area contributed by atoms with Gasteiger partial charge in [0.1, 0.15) is 23.3 Å². The fourth-order valence-electron chi connectivity index (χ4n) is 3.59. The van der Waals surface area contributed by atoms with Crippen molar-refractivity contribution in [2.75, 3.05) is 20.3 Å². The lowest BCUT2D eigenvalue weighted by Crippen LogP contribution is -2.37. The van der Waals surface area contributed by atoms with Crippen LogP contribution in [0, 0.1) is 0 Å². The summed E-state index contributed by atoms with van der Waals surface area (Å²) >= 11 is 0. The van der Waals surface area contributed by atoms with E-state index in [2.05, 4.69) is 4.98 Å². The number of aryl methyl sites for hydroxylation is 2. The third-order valence-electron chi connectivity index (χ3n) is 4.98. The van der Waals surface area contributed by atoms with E-state index in [4.69, 9.17) is 14.3 Å². The van der Waals surface area contributed by atoms with E-state index in [1.165, 1.54) is 12.1 Å². The van der Waals surface area contributed by atoms with Gasteiger partial charge in [-0.25, -0.2) is 4.98 Å². The highest BCUT2D eigenvalue weighted by atomic mass is 16.5. The Bertz CT molecular complexity index is 925. The van der Waals surface area contributed by atoms with E-state index in [0.717, 1.165) is 30.6 Å². The van der Waals surface area contributed by atoms with E-state index >= 15 is 0 Å². The Morgan fingerprint density at radius 1 is 1.41 bits per heavy atom. The van der Waals surface area contributed by atoms with Gasteiger partial charge in [-0.3, -0.25) is 9.48 Å². The predicted molar refractivity (Wildman–Crippen MR) is 98.1 cm³/mol. The molecule has 0 unspecified atom stereocenters. The maximum atomic E-state index is 12.9. The molecule has 1 aliphatic rings. The molecule has 0 saturated heterocycles. The number of hydrogen-bond donors (Lipinski definition) is 0. The van der Waals surface area contributed by atoms with Gasteiger partial charge < -0.3 is 18.6 Å². The SMILES string of the molecule is COCCCn1nc(-c2cocn2)c2c1CCN(C(=O)c1cccn1C)C2. The first-order valence-corrected chi connectivity index (χ1v) is 9.05. The van der Waals surface area contributed by atoms with Gasteiger partial charge in [0.05, 0.1) is 6.54 Å². The van der Waals surface area contributed by atoms with Crippen LogP contribution in [0.15, 0.2) is 35.4 Å². The summed E-state index contributed by atoms with van der Waals surface area (Å²) in [5, 5.41) is 4.78. The second kappa shape index (κ2) is 7.40. The summed E-state index contributed by atoms with van der Waals surface area (Å²) in [4.78, 5) is 19.1. The smallest absolute Gasteiger partial charge is 0.270 e. The van der Waals surface area contributed by atoms with Crippen molar-refractivity contribution < 1.29 is 13.9 Å². The highest BCUT2D eigenvalue weighted by molar-refractivity contribution is 5.93. The number of oxazole rings is 1. The molecule has 4 rings (SSSR count). The third kappa shape index (κ3) is 3.28. The van der Waals surface area contributed by atoms with Gasteiger partial charge in [0.2, 0.25) is 0 Å². The number of rotatable bonds is 6. The van der Waals surface area contributed by atoms with Gasteiger partial charge in [-0.1, -0.05) is 0 Å². The molecule has 0 saturated carbocycles. The molecule has 142 valence electrons.